The second kappa shape index (κ2) is 5.87. The van der Waals surface area contributed by atoms with Crippen LogP contribution in [0.3, 0.4) is 0 Å². The van der Waals surface area contributed by atoms with Crippen molar-refractivity contribution in [2.24, 2.45) is 0 Å². The van der Waals surface area contributed by atoms with Crippen LogP contribution in [0.1, 0.15) is 18.2 Å². The minimum Gasteiger partial charge on any atom is -0.468 e. The number of furan rings is 1. The molecule has 1 aromatic heterocycles. The van der Waals surface area contributed by atoms with Gasteiger partial charge in [-0.05, 0) is 36.8 Å². The summed E-state index contributed by atoms with van der Waals surface area (Å²) in [5.74, 6) is -0.288. The number of anilines is 1. The second-order valence-electron chi connectivity index (χ2n) is 4.66. The van der Waals surface area contributed by atoms with Crippen LogP contribution in [0.15, 0.2) is 39.8 Å². The minimum atomic E-state index is -3.98. The van der Waals surface area contributed by atoms with Crippen LogP contribution >= 0.6 is 0 Å². The zero-order valence-electron chi connectivity index (χ0n) is 11.8. The first-order valence-corrected chi connectivity index (χ1v) is 7.88. The fourth-order valence-electron chi connectivity index (χ4n) is 2.03. The Morgan fingerprint density at radius 1 is 1.38 bits per heavy atom. The van der Waals surface area contributed by atoms with E-state index in [2.05, 4.69) is 0 Å². The number of nitrogens with zero attached hydrogens (tertiary/aromatic N) is 1. The molecule has 0 atom stereocenters. The SMILES string of the molecule is CCN(Cc1ccco1)S(=O)(=O)c1cc(N)cc(C)c1F. The lowest BCUT2D eigenvalue weighted by molar-refractivity contribution is 0.373. The van der Waals surface area contributed by atoms with Gasteiger partial charge >= 0.3 is 0 Å². The Morgan fingerprint density at radius 2 is 2.10 bits per heavy atom. The lowest BCUT2D eigenvalue weighted by atomic mass is 10.2. The predicted molar refractivity (Wildman–Crippen MR) is 77.5 cm³/mol. The van der Waals surface area contributed by atoms with E-state index in [-0.39, 0.29) is 24.3 Å². The third kappa shape index (κ3) is 3.08. The molecule has 0 aliphatic heterocycles. The highest BCUT2D eigenvalue weighted by atomic mass is 32.2. The zero-order chi connectivity index (χ0) is 15.6. The smallest absolute Gasteiger partial charge is 0.246 e. The average Bonchev–Trinajstić information content (AvgIpc) is 2.92. The molecular formula is C14H17FN2O3S. The molecule has 21 heavy (non-hydrogen) atoms. The van der Waals surface area contributed by atoms with Crippen molar-refractivity contribution < 1.29 is 17.2 Å². The first-order valence-electron chi connectivity index (χ1n) is 6.44. The van der Waals surface area contributed by atoms with Crippen LogP contribution in [0.2, 0.25) is 0 Å². The van der Waals surface area contributed by atoms with Crippen molar-refractivity contribution in [3.63, 3.8) is 0 Å². The second-order valence-corrected chi connectivity index (χ2v) is 6.57. The molecular weight excluding hydrogens is 295 g/mol. The molecule has 0 saturated heterocycles. The molecule has 0 fully saturated rings. The number of benzene rings is 1. The van der Waals surface area contributed by atoms with E-state index in [4.69, 9.17) is 10.2 Å². The standard InChI is InChI=1S/C14H17FN2O3S/c1-3-17(9-12-5-4-6-20-12)21(18,19)13-8-11(16)7-10(2)14(13)15/h4-8H,3,9,16H2,1-2H3. The van der Waals surface area contributed by atoms with Crippen LogP contribution in [0.4, 0.5) is 10.1 Å². The van der Waals surface area contributed by atoms with Crippen LogP contribution < -0.4 is 5.73 Å². The Balaban J connectivity index is 2.44. The third-order valence-corrected chi connectivity index (χ3v) is 5.05. The molecule has 0 amide bonds. The maximum atomic E-state index is 14.2. The molecule has 114 valence electrons. The van der Waals surface area contributed by atoms with E-state index in [0.717, 1.165) is 10.4 Å². The van der Waals surface area contributed by atoms with E-state index in [1.54, 1.807) is 19.1 Å². The van der Waals surface area contributed by atoms with Crippen molar-refractivity contribution in [1.82, 2.24) is 4.31 Å². The maximum absolute atomic E-state index is 14.2. The molecule has 0 aliphatic carbocycles. The molecule has 0 spiro atoms. The Kier molecular flexibility index (Phi) is 4.34. The van der Waals surface area contributed by atoms with Crippen molar-refractivity contribution in [3.05, 3.63) is 47.7 Å². The summed E-state index contributed by atoms with van der Waals surface area (Å²) in [7, 11) is -3.98. The van der Waals surface area contributed by atoms with Crippen molar-refractivity contribution >= 4 is 15.7 Å². The number of hydrogen-bond donors (Lipinski definition) is 1. The first-order chi connectivity index (χ1) is 9.86. The van der Waals surface area contributed by atoms with Gasteiger partial charge in [-0.15, -0.1) is 0 Å². The zero-order valence-corrected chi connectivity index (χ0v) is 12.7. The lowest BCUT2D eigenvalue weighted by Gasteiger charge is -2.20. The van der Waals surface area contributed by atoms with Gasteiger partial charge in [0.05, 0.1) is 12.8 Å². The van der Waals surface area contributed by atoms with Crippen LogP contribution in [0, 0.1) is 12.7 Å². The molecule has 7 heteroatoms. The van der Waals surface area contributed by atoms with E-state index < -0.39 is 20.7 Å². The summed E-state index contributed by atoms with van der Waals surface area (Å²) < 4.78 is 45.7. The van der Waals surface area contributed by atoms with Crippen LogP contribution in [-0.4, -0.2) is 19.3 Å². The van der Waals surface area contributed by atoms with Gasteiger partial charge in [0.1, 0.15) is 16.5 Å². The number of halogens is 1. The van der Waals surface area contributed by atoms with Crippen LogP contribution in [0.25, 0.3) is 0 Å². The quantitative estimate of drug-likeness (QED) is 0.861. The molecule has 2 rings (SSSR count). The molecule has 0 aliphatic rings. The summed E-state index contributed by atoms with van der Waals surface area (Å²) in [5.41, 5.74) is 6.04. The number of nitrogen functional groups attached to an aromatic ring is 1. The fourth-order valence-corrected chi connectivity index (χ4v) is 3.62. The Labute approximate surface area is 123 Å². The van der Waals surface area contributed by atoms with E-state index in [1.165, 1.54) is 19.3 Å². The van der Waals surface area contributed by atoms with E-state index in [0.29, 0.717) is 5.76 Å². The van der Waals surface area contributed by atoms with Gasteiger partial charge in [-0.1, -0.05) is 6.92 Å². The van der Waals surface area contributed by atoms with Crippen molar-refractivity contribution in [2.75, 3.05) is 12.3 Å². The average molecular weight is 312 g/mol. The van der Waals surface area contributed by atoms with Gasteiger partial charge in [-0.3, -0.25) is 0 Å². The van der Waals surface area contributed by atoms with E-state index >= 15 is 0 Å². The summed E-state index contributed by atoms with van der Waals surface area (Å²) in [4.78, 5) is -0.409. The van der Waals surface area contributed by atoms with Crippen molar-refractivity contribution in [2.45, 2.75) is 25.3 Å². The molecule has 1 heterocycles. The summed E-state index contributed by atoms with van der Waals surface area (Å²) in [6, 6.07) is 5.87. The Hall–Kier alpha value is -1.86. The number of aryl methyl sites for hydroxylation is 1. The molecule has 1 aromatic carbocycles. The topological polar surface area (TPSA) is 76.5 Å². The van der Waals surface area contributed by atoms with Gasteiger partial charge in [-0.25, -0.2) is 12.8 Å². The highest BCUT2D eigenvalue weighted by Crippen LogP contribution is 2.25. The van der Waals surface area contributed by atoms with Crippen molar-refractivity contribution in [1.29, 1.82) is 0 Å². The minimum absolute atomic E-state index is 0.0408. The van der Waals surface area contributed by atoms with Crippen molar-refractivity contribution in [3.8, 4) is 0 Å². The Morgan fingerprint density at radius 3 is 2.67 bits per heavy atom. The highest BCUT2D eigenvalue weighted by Gasteiger charge is 2.28. The molecule has 0 saturated carbocycles. The normalized spacial score (nSPS) is 12.0. The van der Waals surface area contributed by atoms with Crippen LogP contribution in [-0.2, 0) is 16.6 Å². The van der Waals surface area contributed by atoms with E-state index in [1.807, 2.05) is 0 Å². The fraction of sp³-hybridized carbons (Fsp3) is 0.286. The number of nitrogens with two attached hydrogens (primary N) is 1. The largest absolute Gasteiger partial charge is 0.468 e. The molecule has 0 unspecified atom stereocenters. The predicted octanol–water partition coefficient (Wildman–Crippen LogP) is 2.52. The van der Waals surface area contributed by atoms with Gasteiger partial charge in [-0.2, -0.15) is 4.31 Å². The number of hydrogen-bond acceptors (Lipinski definition) is 4. The highest BCUT2D eigenvalue weighted by molar-refractivity contribution is 7.89. The number of rotatable bonds is 5. The molecule has 2 aromatic rings. The van der Waals surface area contributed by atoms with Gasteiger partial charge in [0.15, 0.2) is 0 Å². The summed E-state index contributed by atoms with van der Waals surface area (Å²) in [6.07, 6.45) is 1.46. The first kappa shape index (κ1) is 15.5. The maximum Gasteiger partial charge on any atom is 0.246 e. The third-order valence-electron chi connectivity index (χ3n) is 3.13. The summed E-state index contributed by atoms with van der Waals surface area (Å²) in [5, 5.41) is 0. The molecule has 0 bridgehead atoms. The summed E-state index contributed by atoms with van der Waals surface area (Å²) in [6.45, 7) is 3.39. The Bertz CT molecular complexity index is 727. The molecule has 5 nitrogen and oxygen atoms in total. The van der Waals surface area contributed by atoms with Gasteiger partial charge in [0.2, 0.25) is 10.0 Å². The number of sulfonamides is 1. The van der Waals surface area contributed by atoms with Gasteiger partial charge in [0, 0.05) is 12.2 Å². The van der Waals surface area contributed by atoms with Gasteiger partial charge in [0.25, 0.3) is 0 Å². The van der Waals surface area contributed by atoms with Crippen LogP contribution in [0.5, 0.6) is 0 Å². The monoisotopic (exact) mass is 312 g/mol. The summed E-state index contributed by atoms with van der Waals surface area (Å²) >= 11 is 0. The van der Waals surface area contributed by atoms with Gasteiger partial charge < -0.3 is 10.2 Å². The lowest BCUT2D eigenvalue weighted by Crippen LogP contribution is -2.31. The molecule has 0 radical (unpaired) electrons. The molecule has 2 N–H and O–H groups in total. The van der Waals surface area contributed by atoms with E-state index in [9.17, 15) is 12.8 Å².